The Hall–Kier alpha value is -2.50. The van der Waals surface area contributed by atoms with Gasteiger partial charge in [0.15, 0.2) is 5.78 Å². The molecule has 3 aromatic rings. The predicted octanol–water partition coefficient (Wildman–Crippen LogP) is 2.25. The molecule has 0 fully saturated rings. The minimum atomic E-state index is -0.345. The van der Waals surface area contributed by atoms with Crippen LogP contribution in [0, 0.1) is 0 Å². The van der Waals surface area contributed by atoms with Gasteiger partial charge in [-0.1, -0.05) is 35.9 Å². The standard InChI is InChI=1S/C17H11ClN2O3/c18-12-6-5-11-13-14(12)16(22)10-4-2-1-3-9(10)15(13)19-20(7-8-21)17(11)23/h1-6,21H,7-8H2. The summed E-state index contributed by atoms with van der Waals surface area (Å²) in [6.07, 6.45) is 0. The van der Waals surface area contributed by atoms with Gasteiger partial charge in [0.05, 0.1) is 29.1 Å². The predicted molar refractivity (Wildman–Crippen MR) is 87.0 cm³/mol. The number of aliphatic hydroxyl groups is 1. The summed E-state index contributed by atoms with van der Waals surface area (Å²) in [6.45, 7) is -0.102. The van der Waals surface area contributed by atoms with Crippen LogP contribution in [0.3, 0.4) is 0 Å². The van der Waals surface area contributed by atoms with Crippen molar-refractivity contribution in [3.63, 3.8) is 0 Å². The molecule has 0 unspecified atom stereocenters. The highest BCUT2D eigenvalue weighted by Gasteiger charge is 2.29. The van der Waals surface area contributed by atoms with Crippen LogP contribution in [0.15, 0.2) is 41.2 Å². The molecule has 0 saturated heterocycles. The third-order valence-corrected chi connectivity index (χ3v) is 4.36. The van der Waals surface area contributed by atoms with E-state index in [9.17, 15) is 9.59 Å². The fourth-order valence-corrected chi connectivity index (χ4v) is 3.28. The second kappa shape index (κ2) is 5.01. The minimum Gasteiger partial charge on any atom is -0.394 e. The van der Waals surface area contributed by atoms with Crippen LogP contribution < -0.4 is 5.56 Å². The van der Waals surface area contributed by atoms with Crippen LogP contribution in [-0.2, 0) is 6.54 Å². The Morgan fingerprint density at radius 2 is 1.83 bits per heavy atom. The van der Waals surface area contributed by atoms with Crippen LogP contribution in [0.5, 0.6) is 0 Å². The smallest absolute Gasteiger partial charge is 0.274 e. The number of nitrogens with zero attached hydrogens (tertiary/aromatic N) is 2. The molecule has 1 N–H and O–H groups in total. The number of fused-ring (bicyclic) bond motifs is 2. The maximum Gasteiger partial charge on any atom is 0.274 e. The zero-order valence-electron chi connectivity index (χ0n) is 11.9. The van der Waals surface area contributed by atoms with E-state index in [1.54, 1.807) is 30.3 Å². The number of ketones is 1. The lowest BCUT2D eigenvalue weighted by Crippen LogP contribution is -2.27. The van der Waals surface area contributed by atoms with Crippen LogP contribution in [0.25, 0.3) is 22.0 Å². The molecule has 2 aromatic carbocycles. The first-order valence-electron chi connectivity index (χ1n) is 7.11. The SMILES string of the molecule is O=C1c2ccccc2-c2nn(CCO)c(=O)c3ccc(Cl)c1c23. The summed E-state index contributed by atoms with van der Waals surface area (Å²) in [6, 6.07) is 10.3. The highest BCUT2D eigenvalue weighted by atomic mass is 35.5. The molecule has 0 saturated carbocycles. The second-order valence-corrected chi connectivity index (χ2v) is 5.73. The molecular weight excluding hydrogens is 316 g/mol. The normalized spacial score (nSPS) is 12.5. The molecular formula is C17H11ClN2O3. The molecule has 23 heavy (non-hydrogen) atoms. The van der Waals surface area contributed by atoms with Crippen molar-refractivity contribution in [3.8, 4) is 11.3 Å². The van der Waals surface area contributed by atoms with Crippen molar-refractivity contribution in [2.75, 3.05) is 6.61 Å². The van der Waals surface area contributed by atoms with Gasteiger partial charge >= 0.3 is 0 Å². The lowest BCUT2D eigenvalue weighted by molar-refractivity contribution is 0.104. The van der Waals surface area contributed by atoms with E-state index in [2.05, 4.69) is 5.10 Å². The molecule has 4 rings (SSSR count). The van der Waals surface area contributed by atoms with Gasteiger partial charge in [0.1, 0.15) is 5.69 Å². The quantitative estimate of drug-likeness (QED) is 0.613. The van der Waals surface area contributed by atoms with Crippen LogP contribution in [0.1, 0.15) is 15.9 Å². The molecule has 0 spiro atoms. The molecule has 114 valence electrons. The van der Waals surface area contributed by atoms with Crippen LogP contribution in [0.2, 0.25) is 5.02 Å². The Morgan fingerprint density at radius 3 is 2.57 bits per heavy atom. The maximum atomic E-state index is 12.8. The van der Waals surface area contributed by atoms with Gasteiger partial charge in [0.25, 0.3) is 5.56 Å². The van der Waals surface area contributed by atoms with Gasteiger partial charge in [-0.15, -0.1) is 0 Å². The van der Waals surface area contributed by atoms with Crippen LogP contribution in [0.4, 0.5) is 0 Å². The van der Waals surface area contributed by atoms with Crippen molar-refractivity contribution in [2.45, 2.75) is 6.54 Å². The summed E-state index contributed by atoms with van der Waals surface area (Å²) in [5, 5.41) is 14.7. The van der Waals surface area contributed by atoms with Crippen molar-refractivity contribution < 1.29 is 9.90 Å². The number of hydrogen-bond acceptors (Lipinski definition) is 4. The third kappa shape index (κ3) is 1.87. The molecule has 5 nitrogen and oxygen atoms in total. The van der Waals surface area contributed by atoms with E-state index >= 15 is 0 Å². The first-order valence-corrected chi connectivity index (χ1v) is 7.49. The molecule has 6 heteroatoms. The average Bonchev–Trinajstić information content (AvgIpc) is 2.56. The van der Waals surface area contributed by atoms with E-state index in [0.717, 1.165) is 0 Å². The van der Waals surface area contributed by atoms with E-state index in [1.807, 2.05) is 6.07 Å². The molecule has 0 aliphatic heterocycles. The lowest BCUT2D eigenvalue weighted by Gasteiger charge is -2.20. The number of aromatic nitrogens is 2. The van der Waals surface area contributed by atoms with Gasteiger partial charge in [-0.25, -0.2) is 4.68 Å². The van der Waals surface area contributed by atoms with Gasteiger partial charge in [0, 0.05) is 16.5 Å². The summed E-state index contributed by atoms with van der Waals surface area (Å²) < 4.78 is 1.22. The first kappa shape index (κ1) is 14.1. The third-order valence-electron chi connectivity index (χ3n) is 4.04. The molecule has 0 bridgehead atoms. The van der Waals surface area contributed by atoms with Crippen LogP contribution >= 0.6 is 11.6 Å². The Kier molecular flexibility index (Phi) is 3.07. The Labute approximate surface area is 135 Å². The minimum absolute atomic E-state index is 0.0931. The van der Waals surface area contributed by atoms with Crippen LogP contribution in [-0.4, -0.2) is 27.3 Å². The van der Waals surface area contributed by atoms with Crippen molar-refractivity contribution in [1.29, 1.82) is 0 Å². The zero-order chi connectivity index (χ0) is 16.1. The number of aliphatic hydroxyl groups excluding tert-OH is 1. The van der Waals surface area contributed by atoms with E-state index in [0.29, 0.717) is 38.2 Å². The second-order valence-electron chi connectivity index (χ2n) is 5.32. The Balaban J connectivity index is 2.25. The van der Waals surface area contributed by atoms with E-state index in [-0.39, 0.29) is 24.5 Å². The monoisotopic (exact) mass is 326 g/mol. The number of carbonyl (C=O) groups is 1. The lowest BCUT2D eigenvalue weighted by atomic mass is 9.86. The average molecular weight is 327 g/mol. The molecule has 1 aliphatic rings. The van der Waals surface area contributed by atoms with Gasteiger partial charge in [-0.3, -0.25) is 9.59 Å². The number of hydrogen-bond donors (Lipinski definition) is 1. The highest BCUT2D eigenvalue weighted by Crippen LogP contribution is 2.39. The van der Waals surface area contributed by atoms with Crippen molar-refractivity contribution in [3.05, 3.63) is 62.9 Å². The van der Waals surface area contributed by atoms with E-state index in [1.165, 1.54) is 4.68 Å². The summed E-state index contributed by atoms with van der Waals surface area (Å²) in [4.78, 5) is 25.3. The summed E-state index contributed by atoms with van der Waals surface area (Å²) in [7, 11) is 0. The van der Waals surface area contributed by atoms with Gasteiger partial charge in [-0.2, -0.15) is 5.10 Å². The number of rotatable bonds is 2. The van der Waals surface area contributed by atoms with E-state index in [4.69, 9.17) is 16.7 Å². The molecule has 0 amide bonds. The molecule has 0 atom stereocenters. The van der Waals surface area contributed by atoms with Crippen molar-refractivity contribution in [2.24, 2.45) is 0 Å². The molecule has 0 radical (unpaired) electrons. The van der Waals surface area contributed by atoms with Gasteiger partial charge in [0.2, 0.25) is 0 Å². The highest BCUT2D eigenvalue weighted by molar-refractivity contribution is 6.39. The summed E-state index contributed by atoms with van der Waals surface area (Å²) >= 11 is 6.23. The van der Waals surface area contributed by atoms with Crippen molar-refractivity contribution >= 4 is 28.2 Å². The molecule has 1 heterocycles. The van der Waals surface area contributed by atoms with Gasteiger partial charge in [-0.05, 0) is 12.1 Å². The zero-order valence-corrected chi connectivity index (χ0v) is 12.7. The van der Waals surface area contributed by atoms with Crippen molar-refractivity contribution in [1.82, 2.24) is 9.78 Å². The Morgan fingerprint density at radius 1 is 1.09 bits per heavy atom. The maximum absolute atomic E-state index is 12.8. The van der Waals surface area contributed by atoms with E-state index < -0.39 is 0 Å². The Bertz CT molecular complexity index is 1040. The fraction of sp³-hybridized carbons (Fsp3) is 0.118. The number of carbonyl (C=O) groups excluding carboxylic acids is 1. The first-order chi connectivity index (χ1) is 11.1. The number of halogens is 1. The number of benzene rings is 2. The van der Waals surface area contributed by atoms with Gasteiger partial charge < -0.3 is 5.11 Å². The summed E-state index contributed by atoms with van der Waals surface area (Å²) in [5.41, 5.74) is 1.70. The molecule has 1 aliphatic carbocycles. The topological polar surface area (TPSA) is 72.2 Å². The fourth-order valence-electron chi connectivity index (χ4n) is 3.04. The summed E-state index contributed by atoms with van der Waals surface area (Å²) in [5.74, 6) is -0.204. The molecule has 1 aromatic heterocycles. The largest absolute Gasteiger partial charge is 0.394 e.